The zero-order valence-electron chi connectivity index (χ0n) is 12.9. The lowest BCUT2D eigenvalue weighted by Crippen LogP contribution is -2.27. The van der Waals surface area contributed by atoms with Crippen LogP contribution in [0.4, 0.5) is 0 Å². The molecule has 2 atom stereocenters. The molecule has 0 radical (unpaired) electrons. The van der Waals surface area contributed by atoms with E-state index in [0.29, 0.717) is 5.75 Å². The number of carbonyl (C=O) groups is 1. The first-order chi connectivity index (χ1) is 10.6. The summed E-state index contributed by atoms with van der Waals surface area (Å²) in [6.07, 6.45) is 0.262. The average molecular weight is 315 g/mol. The highest BCUT2D eigenvalue weighted by Gasteiger charge is 2.11. The number of nitrogens with one attached hydrogen (secondary N) is 1. The molecule has 22 heavy (non-hydrogen) atoms. The van der Waals surface area contributed by atoms with E-state index in [4.69, 9.17) is 0 Å². The fourth-order valence-electron chi connectivity index (χ4n) is 2.13. The Hall–Kier alpha value is -1.94. The largest absolute Gasteiger partial charge is 0.350 e. The minimum Gasteiger partial charge on any atom is -0.350 e. The van der Waals surface area contributed by atoms with Crippen molar-refractivity contribution in [1.29, 1.82) is 0 Å². The SMILES string of the molecule is Cc1ccc([S@@](=O)CCC(=O)N[C@@H](C)c2ccccc2)cc1. The van der Waals surface area contributed by atoms with Gasteiger partial charge in [-0.1, -0.05) is 48.0 Å². The van der Waals surface area contributed by atoms with Crippen LogP contribution >= 0.6 is 0 Å². The molecule has 0 aliphatic rings. The quantitative estimate of drug-likeness (QED) is 0.888. The van der Waals surface area contributed by atoms with E-state index in [9.17, 15) is 9.00 Å². The first kappa shape index (κ1) is 16.4. The van der Waals surface area contributed by atoms with Gasteiger partial charge >= 0.3 is 0 Å². The van der Waals surface area contributed by atoms with Gasteiger partial charge in [0.25, 0.3) is 0 Å². The third-order valence-corrected chi connectivity index (χ3v) is 4.85. The molecular weight excluding hydrogens is 294 g/mol. The lowest BCUT2D eigenvalue weighted by molar-refractivity contribution is -0.121. The zero-order chi connectivity index (χ0) is 15.9. The van der Waals surface area contributed by atoms with Gasteiger partial charge in [0.05, 0.1) is 16.8 Å². The Morgan fingerprint density at radius 3 is 2.36 bits per heavy atom. The molecule has 3 nitrogen and oxygen atoms in total. The summed E-state index contributed by atoms with van der Waals surface area (Å²) >= 11 is 0. The number of benzene rings is 2. The molecule has 0 aromatic heterocycles. The highest BCUT2D eigenvalue weighted by Crippen LogP contribution is 2.12. The molecule has 0 heterocycles. The number of hydrogen-bond acceptors (Lipinski definition) is 2. The van der Waals surface area contributed by atoms with Crippen molar-refractivity contribution in [3.63, 3.8) is 0 Å². The molecule has 0 saturated carbocycles. The van der Waals surface area contributed by atoms with Crippen LogP contribution in [0.2, 0.25) is 0 Å². The number of aryl methyl sites for hydroxylation is 1. The van der Waals surface area contributed by atoms with Gasteiger partial charge in [0.2, 0.25) is 5.91 Å². The standard InChI is InChI=1S/C18H21NO2S/c1-14-8-10-17(11-9-14)22(21)13-12-18(20)19-15(2)16-6-4-3-5-7-16/h3-11,15H,12-13H2,1-2H3,(H,19,20)/t15-,22-/m0/s1. The summed E-state index contributed by atoms with van der Waals surface area (Å²) in [5.41, 5.74) is 2.20. The van der Waals surface area contributed by atoms with Crippen molar-refractivity contribution in [3.8, 4) is 0 Å². The maximum Gasteiger partial charge on any atom is 0.221 e. The van der Waals surface area contributed by atoms with Crippen LogP contribution in [0.1, 0.15) is 30.5 Å². The highest BCUT2D eigenvalue weighted by molar-refractivity contribution is 7.85. The van der Waals surface area contributed by atoms with Crippen LogP contribution in [0.25, 0.3) is 0 Å². The maximum absolute atomic E-state index is 12.1. The van der Waals surface area contributed by atoms with Crippen LogP contribution in [0.5, 0.6) is 0 Å². The van der Waals surface area contributed by atoms with E-state index in [1.54, 1.807) is 0 Å². The topological polar surface area (TPSA) is 46.2 Å². The third kappa shape index (κ3) is 4.81. The first-order valence-electron chi connectivity index (χ1n) is 7.35. The van der Waals surface area contributed by atoms with Crippen molar-refractivity contribution in [2.45, 2.75) is 31.2 Å². The summed E-state index contributed by atoms with van der Waals surface area (Å²) in [7, 11) is -1.13. The van der Waals surface area contributed by atoms with E-state index < -0.39 is 10.8 Å². The van der Waals surface area contributed by atoms with Gasteiger partial charge in [-0.15, -0.1) is 0 Å². The molecule has 0 bridgehead atoms. The van der Waals surface area contributed by atoms with Crippen molar-refractivity contribution in [1.82, 2.24) is 5.32 Å². The molecule has 2 aromatic rings. The van der Waals surface area contributed by atoms with Gasteiger partial charge in [0, 0.05) is 17.1 Å². The maximum atomic E-state index is 12.1. The summed E-state index contributed by atoms with van der Waals surface area (Å²) in [4.78, 5) is 12.7. The summed E-state index contributed by atoms with van der Waals surface area (Å²) < 4.78 is 12.1. The summed E-state index contributed by atoms with van der Waals surface area (Å²) in [6.45, 7) is 3.94. The average Bonchev–Trinajstić information content (AvgIpc) is 2.54. The van der Waals surface area contributed by atoms with Crippen LogP contribution in [-0.2, 0) is 15.6 Å². The van der Waals surface area contributed by atoms with E-state index in [-0.39, 0.29) is 18.4 Å². The second kappa shape index (κ2) is 7.90. The summed E-state index contributed by atoms with van der Waals surface area (Å²) in [5, 5.41) is 2.94. The monoisotopic (exact) mass is 315 g/mol. The van der Waals surface area contributed by atoms with Gasteiger partial charge in [-0.05, 0) is 31.5 Å². The zero-order valence-corrected chi connectivity index (χ0v) is 13.7. The third-order valence-electron chi connectivity index (χ3n) is 3.48. The molecule has 0 spiro atoms. The Balaban J connectivity index is 1.82. The predicted molar refractivity (Wildman–Crippen MR) is 90.1 cm³/mol. The van der Waals surface area contributed by atoms with Gasteiger partial charge in [-0.25, -0.2) is 0 Å². The van der Waals surface area contributed by atoms with E-state index in [1.807, 2.05) is 68.4 Å². The van der Waals surface area contributed by atoms with Crippen molar-refractivity contribution in [2.24, 2.45) is 0 Å². The van der Waals surface area contributed by atoms with Crippen LogP contribution in [-0.4, -0.2) is 15.9 Å². The van der Waals surface area contributed by atoms with Gasteiger partial charge in [-0.2, -0.15) is 0 Å². The van der Waals surface area contributed by atoms with Crippen molar-refractivity contribution in [2.75, 3.05) is 5.75 Å². The Morgan fingerprint density at radius 1 is 1.09 bits per heavy atom. The predicted octanol–water partition coefficient (Wildman–Crippen LogP) is 3.37. The molecule has 0 fully saturated rings. The fourth-order valence-corrected chi connectivity index (χ4v) is 3.18. The Kier molecular flexibility index (Phi) is 5.90. The molecule has 2 aromatic carbocycles. The minimum absolute atomic E-state index is 0.0403. The van der Waals surface area contributed by atoms with Crippen molar-refractivity contribution >= 4 is 16.7 Å². The Labute approximate surface area is 134 Å². The van der Waals surface area contributed by atoms with Gasteiger partial charge in [0.15, 0.2) is 0 Å². The molecular formula is C18H21NO2S. The normalized spacial score (nSPS) is 13.4. The van der Waals surface area contributed by atoms with Crippen LogP contribution in [0.15, 0.2) is 59.5 Å². The van der Waals surface area contributed by atoms with E-state index in [2.05, 4.69) is 5.32 Å². The fraction of sp³-hybridized carbons (Fsp3) is 0.278. The lowest BCUT2D eigenvalue weighted by Gasteiger charge is -2.14. The Morgan fingerprint density at radius 2 is 1.73 bits per heavy atom. The second-order valence-corrected chi connectivity index (χ2v) is 6.88. The molecule has 4 heteroatoms. The summed E-state index contributed by atoms with van der Waals surface area (Å²) in [6, 6.07) is 17.4. The molecule has 0 unspecified atom stereocenters. The number of carbonyl (C=O) groups excluding carboxylic acids is 1. The number of amides is 1. The molecule has 0 aliphatic heterocycles. The van der Waals surface area contributed by atoms with E-state index in [0.717, 1.165) is 16.0 Å². The minimum atomic E-state index is -1.13. The second-order valence-electron chi connectivity index (χ2n) is 5.31. The van der Waals surface area contributed by atoms with Crippen LogP contribution in [0, 0.1) is 6.92 Å². The number of hydrogen-bond donors (Lipinski definition) is 1. The number of rotatable bonds is 6. The molecule has 0 saturated heterocycles. The van der Waals surface area contributed by atoms with Crippen molar-refractivity contribution < 1.29 is 9.00 Å². The first-order valence-corrected chi connectivity index (χ1v) is 8.67. The molecule has 0 aliphatic carbocycles. The Bertz CT molecular complexity index is 638. The van der Waals surface area contributed by atoms with Crippen LogP contribution in [0.3, 0.4) is 0 Å². The smallest absolute Gasteiger partial charge is 0.221 e. The molecule has 1 amide bonds. The van der Waals surface area contributed by atoms with Gasteiger partial charge in [-0.3, -0.25) is 9.00 Å². The van der Waals surface area contributed by atoms with Crippen molar-refractivity contribution in [3.05, 3.63) is 65.7 Å². The van der Waals surface area contributed by atoms with Gasteiger partial charge < -0.3 is 5.32 Å². The molecule has 2 rings (SSSR count). The van der Waals surface area contributed by atoms with Crippen LogP contribution < -0.4 is 5.32 Å². The highest BCUT2D eigenvalue weighted by atomic mass is 32.2. The van der Waals surface area contributed by atoms with Gasteiger partial charge in [0.1, 0.15) is 0 Å². The lowest BCUT2D eigenvalue weighted by atomic mass is 10.1. The molecule has 1 N–H and O–H groups in total. The summed E-state index contributed by atoms with van der Waals surface area (Å²) in [5.74, 6) is 0.271. The van der Waals surface area contributed by atoms with E-state index >= 15 is 0 Å². The molecule has 116 valence electrons. The van der Waals surface area contributed by atoms with E-state index in [1.165, 1.54) is 0 Å².